The van der Waals surface area contributed by atoms with Gasteiger partial charge in [0.1, 0.15) is 0 Å². The predicted molar refractivity (Wildman–Crippen MR) is 82.1 cm³/mol. The third kappa shape index (κ3) is 2.76. The number of ketones is 1. The zero-order valence-corrected chi connectivity index (χ0v) is 13.3. The molecule has 2 fully saturated rings. The Bertz CT molecular complexity index is 571. The molecule has 0 aromatic carbocycles. The summed E-state index contributed by atoms with van der Waals surface area (Å²) in [6, 6.07) is 1.80. The maximum atomic E-state index is 12.8. The van der Waals surface area contributed by atoms with Gasteiger partial charge in [0, 0.05) is 45.0 Å². The number of carbonyl (C=O) groups is 1. The molecule has 0 aliphatic carbocycles. The summed E-state index contributed by atoms with van der Waals surface area (Å²) >= 11 is 0. The van der Waals surface area contributed by atoms with Crippen LogP contribution >= 0.6 is 0 Å². The lowest BCUT2D eigenvalue weighted by Crippen LogP contribution is -2.41. The number of hydrogen-bond acceptors (Lipinski definition) is 4. The van der Waals surface area contributed by atoms with Gasteiger partial charge in [-0.1, -0.05) is 6.42 Å². The van der Waals surface area contributed by atoms with E-state index >= 15 is 0 Å². The molecule has 0 radical (unpaired) electrons. The van der Waals surface area contributed by atoms with Crippen LogP contribution in [0.2, 0.25) is 0 Å². The SMILES string of the molecule is COc1cc(C)c(C(=O)C2CC3CCCC(C2)S3=O)cn1. The first-order chi connectivity index (χ1) is 10.1. The summed E-state index contributed by atoms with van der Waals surface area (Å²) in [7, 11) is 0.842. The van der Waals surface area contributed by atoms with Crippen LogP contribution in [-0.4, -0.2) is 32.6 Å². The van der Waals surface area contributed by atoms with Crippen LogP contribution in [0.1, 0.15) is 48.0 Å². The van der Waals surface area contributed by atoms with Gasteiger partial charge in [0.15, 0.2) is 5.78 Å². The highest BCUT2D eigenvalue weighted by Crippen LogP contribution is 2.38. The van der Waals surface area contributed by atoms with Crippen molar-refractivity contribution in [1.82, 2.24) is 4.98 Å². The number of ether oxygens (including phenoxy) is 1. The Hall–Kier alpha value is -1.23. The average Bonchev–Trinajstić information content (AvgIpc) is 2.46. The van der Waals surface area contributed by atoms with Crippen molar-refractivity contribution in [2.45, 2.75) is 49.5 Å². The van der Waals surface area contributed by atoms with Gasteiger partial charge in [-0.15, -0.1) is 0 Å². The van der Waals surface area contributed by atoms with Crippen LogP contribution in [0.5, 0.6) is 5.88 Å². The van der Waals surface area contributed by atoms with E-state index in [9.17, 15) is 9.00 Å². The number of Topliss-reactive ketones (excluding diaryl/α,β-unsaturated/α-hetero) is 1. The quantitative estimate of drug-likeness (QED) is 0.806. The Morgan fingerprint density at radius 1 is 1.33 bits per heavy atom. The topological polar surface area (TPSA) is 56.3 Å². The number of pyridine rings is 1. The van der Waals surface area contributed by atoms with Gasteiger partial charge >= 0.3 is 0 Å². The van der Waals surface area contributed by atoms with E-state index in [2.05, 4.69) is 4.98 Å². The summed E-state index contributed by atoms with van der Waals surface area (Å²) in [6.45, 7) is 1.92. The van der Waals surface area contributed by atoms with Crippen molar-refractivity contribution in [2.75, 3.05) is 7.11 Å². The maximum absolute atomic E-state index is 12.8. The molecule has 114 valence electrons. The van der Waals surface area contributed by atoms with E-state index in [1.807, 2.05) is 6.92 Å². The second kappa shape index (κ2) is 5.87. The first kappa shape index (κ1) is 14.7. The monoisotopic (exact) mass is 307 g/mol. The van der Waals surface area contributed by atoms with E-state index in [4.69, 9.17) is 4.74 Å². The normalized spacial score (nSPS) is 31.7. The van der Waals surface area contributed by atoms with Gasteiger partial charge in [-0.3, -0.25) is 9.00 Å². The Morgan fingerprint density at radius 3 is 2.57 bits per heavy atom. The van der Waals surface area contributed by atoms with Crippen LogP contribution in [0.3, 0.4) is 0 Å². The van der Waals surface area contributed by atoms with Crippen LogP contribution in [0.25, 0.3) is 0 Å². The molecule has 4 nitrogen and oxygen atoms in total. The first-order valence-electron chi connectivity index (χ1n) is 7.54. The van der Waals surface area contributed by atoms with Gasteiger partial charge in [0.05, 0.1) is 7.11 Å². The van der Waals surface area contributed by atoms with Crippen LogP contribution in [0.4, 0.5) is 0 Å². The molecule has 0 spiro atoms. The number of nitrogens with zero attached hydrogens (tertiary/aromatic N) is 1. The molecule has 3 heterocycles. The maximum Gasteiger partial charge on any atom is 0.213 e. The minimum atomic E-state index is -0.728. The lowest BCUT2D eigenvalue weighted by atomic mass is 9.84. The number of rotatable bonds is 3. The van der Waals surface area contributed by atoms with E-state index in [0.29, 0.717) is 11.4 Å². The molecule has 21 heavy (non-hydrogen) atoms. The van der Waals surface area contributed by atoms with Gasteiger partial charge in [0.25, 0.3) is 0 Å². The largest absolute Gasteiger partial charge is 0.481 e. The Balaban J connectivity index is 1.81. The molecular weight excluding hydrogens is 286 g/mol. The lowest BCUT2D eigenvalue weighted by Gasteiger charge is -2.37. The third-order valence-corrected chi connectivity index (χ3v) is 6.91. The molecule has 2 aliphatic heterocycles. The first-order valence-corrected chi connectivity index (χ1v) is 8.82. The van der Waals surface area contributed by atoms with Crippen molar-refractivity contribution in [3.05, 3.63) is 23.4 Å². The molecule has 2 saturated heterocycles. The van der Waals surface area contributed by atoms with E-state index in [1.54, 1.807) is 19.4 Å². The number of hydrogen-bond donors (Lipinski definition) is 0. The molecule has 0 N–H and O–H groups in total. The highest BCUT2D eigenvalue weighted by atomic mass is 32.2. The molecule has 2 bridgehead atoms. The average molecular weight is 307 g/mol. The van der Waals surface area contributed by atoms with Gasteiger partial charge in [-0.25, -0.2) is 4.98 Å². The third-order valence-electron chi connectivity index (χ3n) is 4.74. The highest BCUT2D eigenvalue weighted by molar-refractivity contribution is 7.86. The fraction of sp³-hybridized carbons (Fsp3) is 0.625. The number of aryl methyl sites for hydroxylation is 1. The molecule has 1 aromatic rings. The van der Waals surface area contributed by atoms with Gasteiger partial charge in [-0.05, 0) is 38.2 Å². The van der Waals surface area contributed by atoms with Crippen molar-refractivity contribution in [1.29, 1.82) is 0 Å². The number of carbonyl (C=O) groups excluding carboxylic acids is 1. The second-order valence-electron chi connectivity index (χ2n) is 6.08. The highest BCUT2D eigenvalue weighted by Gasteiger charge is 2.40. The summed E-state index contributed by atoms with van der Waals surface area (Å²) in [6.07, 6.45) is 6.34. The molecule has 0 saturated carbocycles. The van der Waals surface area contributed by atoms with Gasteiger partial charge in [-0.2, -0.15) is 0 Å². The summed E-state index contributed by atoms with van der Waals surface area (Å²) < 4.78 is 17.3. The fourth-order valence-corrected chi connectivity index (χ4v) is 5.75. The van der Waals surface area contributed by atoms with Gasteiger partial charge in [0.2, 0.25) is 5.88 Å². The zero-order chi connectivity index (χ0) is 15.0. The Morgan fingerprint density at radius 2 is 2.00 bits per heavy atom. The van der Waals surface area contributed by atoms with Crippen molar-refractivity contribution < 1.29 is 13.7 Å². The number of fused-ring (bicyclic) bond motifs is 2. The van der Waals surface area contributed by atoms with Crippen molar-refractivity contribution in [3.63, 3.8) is 0 Å². The van der Waals surface area contributed by atoms with E-state index < -0.39 is 10.8 Å². The minimum absolute atomic E-state index is 0.00638. The summed E-state index contributed by atoms with van der Waals surface area (Å²) in [5.74, 6) is 0.703. The molecule has 2 atom stereocenters. The van der Waals surface area contributed by atoms with Crippen LogP contribution < -0.4 is 4.74 Å². The second-order valence-corrected chi connectivity index (χ2v) is 8.07. The summed E-state index contributed by atoms with van der Waals surface area (Å²) in [5.41, 5.74) is 1.59. The summed E-state index contributed by atoms with van der Waals surface area (Å²) in [5, 5.41) is 0.441. The van der Waals surface area contributed by atoms with Crippen molar-refractivity contribution in [3.8, 4) is 5.88 Å². The molecule has 2 aliphatic rings. The molecule has 0 amide bonds. The van der Waals surface area contributed by atoms with Crippen LogP contribution in [0.15, 0.2) is 12.3 Å². The Labute approximate surface area is 127 Å². The van der Waals surface area contributed by atoms with Crippen LogP contribution in [-0.2, 0) is 10.8 Å². The smallest absolute Gasteiger partial charge is 0.213 e. The van der Waals surface area contributed by atoms with Gasteiger partial charge < -0.3 is 4.74 Å². The minimum Gasteiger partial charge on any atom is -0.481 e. The molecule has 1 aromatic heterocycles. The Kier molecular flexibility index (Phi) is 4.11. The summed E-state index contributed by atoms with van der Waals surface area (Å²) in [4.78, 5) is 16.9. The van der Waals surface area contributed by atoms with Crippen LogP contribution in [0, 0.1) is 12.8 Å². The lowest BCUT2D eigenvalue weighted by molar-refractivity contribution is 0.0894. The van der Waals surface area contributed by atoms with Crippen molar-refractivity contribution in [2.24, 2.45) is 5.92 Å². The number of methoxy groups -OCH3 is 1. The predicted octanol–water partition coefficient (Wildman–Crippen LogP) is 2.66. The molecular formula is C16H21NO3S. The van der Waals surface area contributed by atoms with E-state index in [1.165, 1.54) is 0 Å². The zero-order valence-electron chi connectivity index (χ0n) is 12.5. The molecule has 5 heteroatoms. The molecule has 2 unspecified atom stereocenters. The van der Waals surface area contributed by atoms with E-state index in [-0.39, 0.29) is 22.2 Å². The fourth-order valence-electron chi connectivity index (χ4n) is 3.57. The molecule has 3 rings (SSSR count). The van der Waals surface area contributed by atoms with Crippen molar-refractivity contribution >= 4 is 16.6 Å². The van der Waals surface area contributed by atoms with E-state index in [0.717, 1.165) is 37.7 Å². The standard InChI is InChI=1S/C16H21NO3S/c1-10-6-15(20-2)17-9-14(10)16(18)11-7-12-4-3-5-13(8-11)21(12)19/h6,9,11-13H,3-5,7-8H2,1-2H3. The number of aromatic nitrogens is 1.